The van der Waals surface area contributed by atoms with Crippen molar-refractivity contribution in [3.63, 3.8) is 0 Å². The molecule has 27 heavy (non-hydrogen) atoms. The quantitative estimate of drug-likeness (QED) is 0.714. The van der Waals surface area contributed by atoms with Crippen LogP contribution >= 0.6 is 0 Å². The zero-order chi connectivity index (χ0) is 19.3. The van der Waals surface area contributed by atoms with Crippen LogP contribution in [-0.2, 0) is 21.4 Å². The average molecular weight is 394 g/mol. The van der Waals surface area contributed by atoms with E-state index in [1.165, 1.54) is 31.9 Å². The van der Waals surface area contributed by atoms with E-state index in [1.54, 1.807) is 16.7 Å². The van der Waals surface area contributed by atoms with Crippen molar-refractivity contribution in [2.24, 2.45) is 5.92 Å². The lowest BCUT2D eigenvalue weighted by Crippen LogP contribution is -2.51. The van der Waals surface area contributed by atoms with Crippen LogP contribution in [0, 0.1) is 5.92 Å². The molecule has 0 aromatic carbocycles. The standard InChI is InChI=1S/C20H31N3O3S/c1-27(25,26)23(15-18-8-4-12-21-14-18)19-9-5-13-22(16-19)20(24)11-10-17-6-2-3-7-17/h4,8,12,14,17,19H,2-3,5-7,9-11,13,15-16H2,1H3. The number of carbonyl (C=O) groups excluding carboxylic acids is 1. The largest absolute Gasteiger partial charge is 0.341 e. The van der Waals surface area contributed by atoms with Gasteiger partial charge in [0.25, 0.3) is 0 Å². The van der Waals surface area contributed by atoms with E-state index < -0.39 is 10.0 Å². The molecule has 2 heterocycles. The molecule has 6 nitrogen and oxygen atoms in total. The minimum Gasteiger partial charge on any atom is -0.341 e. The lowest BCUT2D eigenvalue weighted by molar-refractivity contribution is -0.133. The van der Waals surface area contributed by atoms with E-state index in [0.29, 0.717) is 25.4 Å². The number of likely N-dealkylation sites (tertiary alicyclic amines) is 1. The summed E-state index contributed by atoms with van der Waals surface area (Å²) in [6, 6.07) is 3.54. The maximum atomic E-state index is 12.7. The molecule has 3 rings (SSSR count). The zero-order valence-electron chi connectivity index (χ0n) is 16.2. The van der Waals surface area contributed by atoms with Gasteiger partial charge < -0.3 is 4.90 Å². The number of rotatable bonds is 7. The van der Waals surface area contributed by atoms with Crippen molar-refractivity contribution in [2.45, 2.75) is 64.0 Å². The summed E-state index contributed by atoms with van der Waals surface area (Å²) in [5.74, 6) is 0.883. The van der Waals surface area contributed by atoms with E-state index in [9.17, 15) is 13.2 Å². The van der Waals surface area contributed by atoms with E-state index in [0.717, 1.165) is 31.4 Å². The van der Waals surface area contributed by atoms with Crippen LogP contribution in [0.15, 0.2) is 24.5 Å². The molecular formula is C20H31N3O3S. The number of carbonyl (C=O) groups is 1. The summed E-state index contributed by atoms with van der Waals surface area (Å²) >= 11 is 0. The fourth-order valence-corrected chi connectivity index (χ4v) is 5.49. The highest BCUT2D eigenvalue weighted by Gasteiger charge is 2.32. The van der Waals surface area contributed by atoms with E-state index in [4.69, 9.17) is 0 Å². The summed E-state index contributed by atoms with van der Waals surface area (Å²) in [5.41, 5.74) is 0.868. The predicted molar refractivity (Wildman–Crippen MR) is 105 cm³/mol. The van der Waals surface area contributed by atoms with Crippen LogP contribution in [0.5, 0.6) is 0 Å². The minimum atomic E-state index is -3.37. The maximum absolute atomic E-state index is 12.7. The monoisotopic (exact) mass is 393 g/mol. The van der Waals surface area contributed by atoms with E-state index in [2.05, 4.69) is 4.98 Å². The Balaban J connectivity index is 1.62. The van der Waals surface area contributed by atoms with Crippen LogP contribution < -0.4 is 0 Å². The second-order valence-corrected chi connectivity index (χ2v) is 9.93. The summed E-state index contributed by atoms with van der Waals surface area (Å²) < 4.78 is 26.4. The molecule has 150 valence electrons. The van der Waals surface area contributed by atoms with Gasteiger partial charge in [-0.1, -0.05) is 31.7 Å². The van der Waals surface area contributed by atoms with E-state index in [1.807, 2.05) is 17.0 Å². The van der Waals surface area contributed by atoms with Gasteiger partial charge in [0, 0.05) is 44.5 Å². The number of nitrogens with zero attached hydrogens (tertiary/aromatic N) is 3. The van der Waals surface area contributed by atoms with Crippen molar-refractivity contribution in [1.29, 1.82) is 0 Å². The second-order valence-electron chi connectivity index (χ2n) is 7.99. The smallest absolute Gasteiger partial charge is 0.222 e. The van der Waals surface area contributed by atoms with Gasteiger partial charge >= 0.3 is 0 Å². The average Bonchev–Trinajstić information content (AvgIpc) is 3.18. The second kappa shape index (κ2) is 9.15. The van der Waals surface area contributed by atoms with Crippen molar-refractivity contribution < 1.29 is 13.2 Å². The predicted octanol–water partition coefficient (Wildman–Crippen LogP) is 2.80. The fourth-order valence-electron chi connectivity index (χ4n) is 4.39. The highest BCUT2D eigenvalue weighted by atomic mass is 32.2. The number of hydrogen-bond donors (Lipinski definition) is 0. The molecule has 1 atom stereocenters. The summed E-state index contributed by atoms with van der Waals surface area (Å²) in [5, 5.41) is 0. The van der Waals surface area contributed by atoms with Crippen molar-refractivity contribution >= 4 is 15.9 Å². The Bertz CT molecular complexity index is 717. The van der Waals surface area contributed by atoms with Gasteiger partial charge in [-0.2, -0.15) is 4.31 Å². The molecule has 1 aliphatic carbocycles. The number of hydrogen-bond acceptors (Lipinski definition) is 4. The molecule has 0 N–H and O–H groups in total. The molecule has 1 unspecified atom stereocenters. The normalized spacial score (nSPS) is 21.7. The number of amides is 1. The number of aromatic nitrogens is 1. The SMILES string of the molecule is CS(=O)(=O)N(Cc1cccnc1)C1CCCN(C(=O)CCC2CCCC2)C1. The molecule has 1 saturated carbocycles. The highest BCUT2D eigenvalue weighted by molar-refractivity contribution is 7.88. The van der Waals surface area contributed by atoms with Crippen LogP contribution in [0.1, 0.15) is 56.9 Å². The first kappa shape index (κ1) is 20.3. The van der Waals surface area contributed by atoms with Crippen molar-refractivity contribution in [3.05, 3.63) is 30.1 Å². The van der Waals surface area contributed by atoms with Crippen LogP contribution in [0.25, 0.3) is 0 Å². The molecule has 0 bridgehead atoms. The van der Waals surface area contributed by atoms with E-state index in [-0.39, 0.29) is 11.9 Å². The first-order valence-corrected chi connectivity index (χ1v) is 11.9. The van der Waals surface area contributed by atoms with Crippen molar-refractivity contribution in [3.8, 4) is 0 Å². The topological polar surface area (TPSA) is 70.6 Å². The Labute approximate surface area is 163 Å². The first-order valence-electron chi connectivity index (χ1n) is 10.1. The van der Waals surface area contributed by atoms with Gasteiger partial charge in [0.1, 0.15) is 0 Å². The first-order chi connectivity index (χ1) is 12.9. The van der Waals surface area contributed by atoms with Crippen molar-refractivity contribution in [2.75, 3.05) is 19.3 Å². The van der Waals surface area contributed by atoms with Crippen molar-refractivity contribution in [1.82, 2.24) is 14.2 Å². The van der Waals surface area contributed by atoms with Gasteiger partial charge in [-0.05, 0) is 36.8 Å². The summed E-state index contributed by atoms with van der Waals surface area (Å²) in [4.78, 5) is 18.6. The van der Waals surface area contributed by atoms with Gasteiger partial charge in [0.2, 0.25) is 15.9 Å². The fraction of sp³-hybridized carbons (Fsp3) is 0.700. The van der Waals surface area contributed by atoms with Gasteiger partial charge in [0.15, 0.2) is 0 Å². The molecule has 1 amide bonds. The van der Waals surface area contributed by atoms with Gasteiger partial charge in [-0.3, -0.25) is 9.78 Å². The van der Waals surface area contributed by atoms with E-state index >= 15 is 0 Å². The number of sulfonamides is 1. The zero-order valence-corrected chi connectivity index (χ0v) is 17.0. The van der Waals surface area contributed by atoms with Gasteiger partial charge in [0.05, 0.1) is 6.26 Å². The molecule has 1 aliphatic heterocycles. The molecule has 2 aliphatic rings. The van der Waals surface area contributed by atoms with Crippen LogP contribution in [0.2, 0.25) is 0 Å². The Kier molecular flexibility index (Phi) is 6.87. The molecule has 2 fully saturated rings. The van der Waals surface area contributed by atoms with Crippen LogP contribution in [-0.4, -0.2) is 53.9 Å². The Morgan fingerprint density at radius 1 is 1.26 bits per heavy atom. The molecule has 7 heteroatoms. The summed E-state index contributed by atoms with van der Waals surface area (Å²) in [6.07, 6.45) is 12.9. The highest BCUT2D eigenvalue weighted by Crippen LogP contribution is 2.29. The number of piperidine rings is 1. The summed E-state index contributed by atoms with van der Waals surface area (Å²) in [7, 11) is -3.37. The third-order valence-corrected chi connectivity index (χ3v) is 7.16. The molecule has 0 spiro atoms. The third kappa shape index (κ3) is 5.75. The Hall–Kier alpha value is -1.47. The van der Waals surface area contributed by atoms with Gasteiger partial charge in [-0.15, -0.1) is 0 Å². The molecule has 1 aromatic rings. The van der Waals surface area contributed by atoms with Crippen LogP contribution in [0.3, 0.4) is 0 Å². The molecule has 1 saturated heterocycles. The molecule has 1 aromatic heterocycles. The Morgan fingerprint density at radius 2 is 2.04 bits per heavy atom. The molecular weight excluding hydrogens is 362 g/mol. The minimum absolute atomic E-state index is 0.163. The third-order valence-electron chi connectivity index (χ3n) is 5.88. The lowest BCUT2D eigenvalue weighted by atomic mass is 10.00. The Morgan fingerprint density at radius 3 is 2.70 bits per heavy atom. The molecule has 0 radical (unpaired) electrons. The maximum Gasteiger partial charge on any atom is 0.222 e. The van der Waals surface area contributed by atoms with Gasteiger partial charge in [-0.25, -0.2) is 8.42 Å². The number of pyridine rings is 1. The lowest BCUT2D eigenvalue weighted by Gasteiger charge is -2.38. The summed E-state index contributed by atoms with van der Waals surface area (Å²) in [6.45, 7) is 1.54. The van der Waals surface area contributed by atoms with Crippen LogP contribution in [0.4, 0.5) is 0 Å².